The van der Waals surface area contributed by atoms with Gasteiger partial charge in [0.15, 0.2) is 11.6 Å². The molecule has 0 saturated heterocycles. The van der Waals surface area contributed by atoms with Crippen molar-refractivity contribution in [3.63, 3.8) is 0 Å². The zero-order valence-corrected chi connectivity index (χ0v) is 21.8. The molecule has 1 aliphatic carbocycles. The summed E-state index contributed by atoms with van der Waals surface area (Å²) in [6.45, 7) is 4.65. The number of aryl methyl sites for hydroxylation is 1. The maximum atomic E-state index is 15.0. The Labute approximate surface area is 216 Å². The number of nitrogens with zero attached hydrogens (tertiary/aromatic N) is 1. The lowest BCUT2D eigenvalue weighted by molar-refractivity contribution is -0.140. The van der Waals surface area contributed by atoms with Gasteiger partial charge in [-0.1, -0.05) is 50.6 Å². The number of esters is 1. The summed E-state index contributed by atoms with van der Waals surface area (Å²) in [5, 5.41) is 0. The first-order valence-corrected chi connectivity index (χ1v) is 12.5. The van der Waals surface area contributed by atoms with Crippen LogP contribution in [-0.4, -0.2) is 25.2 Å². The highest BCUT2D eigenvalue weighted by Gasteiger charge is 2.37. The Kier molecular flexibility index (Phi) is 8.10. The second-order valence-corrected chi connectivity index (χ2v) is 10.2. The number of ether oxygens (including phenoxy) is 3. The average molecular weight is 510 g/mol. The van der Waals surface area contributed by atoms with Gasteiger partial charge in [-0.3, -0.25) is 4.79 Å². The van der Waals surface area contributed by atoms with Gasteiger partial charge >= 0.3 is 5.97 Å². The fourth-order valence-electron chi connectivity index (χ4n) is 5.24. The summed E-state index contributed by atoms with van der Waals surface area (Å²) < 4.78 is 45.7. The van der Waals surface area contributed by atoms with Crippen LogP contribution in [0.25, 0.3) is 11.1 Å². The van der Waals surface area contributed by atoms with Crippen molar-refractivity contribution in [3.8, 4) is 22.8 Å². The van der Waals surface area contributed by atoms with Crippen LogP contribution in [-0.2, 0) is 22.6 Å². The average Bonchev–Trinajstić information content (AvgIpc) is 3.26. The van der Waals surface area contributed by atoms with Gasteiger partial charge in [-0.05, 0) is 58.9 Å². The SMILES string of the molecule is COC(=O)CCc1cccc(OCc2ccc(-c3cc(OC)ncc3F)c([C@H]3CCCC3(C)C)c2)c1F. The maximum Gasteiger partial charge on any atom is 0.305 e. The monoisotopic (exact) mass is 509 g/mol. The molecule has 4 rings (SSSR count). The first kappa shape index (κ1) is 26.6. The lowest BCUT2D eigenvalue weighted by atomic mass is 9.75. The second-order valence-electron chi connectivity index (χ2n) is 10.2. The van der Waals surface area contributed by atoms with Gasteiger partial charge < -0.3 is 14.2 Å². The smallest absolute Gasteiger partial charge is 0.305 e. The second kappa shape index (κ2) is 11.3. The Morgan fingerprint density at radius 2 is 1.92 bits per heavy atom. The van der Waals surface area contributed by atoms with Gasteiger partial charge in [-0.25, -0.2) is 13.8 Å². The highest BCUT2D eigenvalue weighted by Crippen LogP contribution is 2.51. The molecule has 1 aliphatic rings. The van der Waals surface area contributed by atoms with E-state index in [9.17, 15) is 9.18 Å². The molecule has 1 saturated carbocycles. The van der Waals surface area contributed by atoms with Crippen LogP contribution in [0.2, 0.25) is 0 Å². The third-order valence-corrected chi connectivity index (χ3v) is 7.34. The topological polar surface area (TPSA) is 57.7 Å². The van der Waals surface area contributed by atoms with E-state index in [-0.39, 0.29) is 36.5 Å². The van der Waals surface area contributed by atoms with E-state index in [0.29, 0.717) is 17.0 Å². The van der Waals surface area contributed by atoms with Crippen molar-refractivity contribution in [2.45, 2.75) is 58.5 Å². The van der Waals surface area contributed by atoms with Crippen LogP contribution in [0.3, 0.4) is 0 Å². The predicted molar refractivity (Wildman–Crippen MR) is 138 cm³/mol. The Morgan fingerprint density at radius 3 is 2.62 bits per heavy atom. The number of rotatable bonds is 9. The number of benzene rings is 2. The molecule has 1 aromatic heterocycles. The van der Waals surface area contributed by atoms with E-state index in [1.807, 2.05) is 12.1 Å². The fourth-order valence-corrected chi connectivity index (χ4v) is 5.24. The number of halogens is 2. The molecule has 0 spiro atoms. The maximum absolute atomic E-state index is 15.0. The summed E-state index contributed by atoms with van der Waals surface area (Å²) in [7, 11) is 2.82. The summed E-state index contributed by atoms with van der Waals surface area (Å²) in [6, 6.07) is 12.4. The largest absolute Gasteiger partial charge is 0.486 e. The fraction of sp³-hybridized carbons (Fsp3) is 0.400. The van der Waals surface area contributed by atoms with E-state index in [1.165, 1.54) is 20.4 Å². The molecule has 0 bridgehead atoms. The van der Waals surface area contributed by atoms with Crippen molar-refractivity contribution in [1.82, 2.24) is 4.98 Å². The van der Waals surface area contributed by atoms with Crippen molar-refractivity contribution in [2.24, 2.45) is 5.41 Å². The standard InChI is InChI=1S/C30H33F2NO4/c1-30(2)14-6-8-24(30)22-15-19(10-12-21(22)23-16-27(35-3)33-17-25(23)31)18-37-26-9-5-7-20(29(26)32)11-13-28(34)36-4/h5,7,9-10,12,15-17,24H,6,8,11,13-14,18H2,1-4H3/t24-/m1/s1. The summed E-state index contributed by atoms with van der Waals surface area (Å²) in [5.41, 5.74) is 3.61. The zero-order chi connectivity index (χ0) is 26.6. The van der Waals surface area contributed by atoms with Gasteiger partial charge in [0.1, 0.15) is 12.4 Å². The molecule has 0 aliphatic heterocycles. The van der Waals surface area contributed by atoms with Crippen molar-refractivity contribution >= 4 is 5.97 Å². The van der Waals surface area contributed by atoms with E-state index >= 15 is 4.39 Å². The Bertz CT molecular complexity index is 1270. The number of pyridine rings is 1. The summed E-state index contributed by atoms with van der Waals surface area (Å²) in [4.78, 5) is 15.4. The molecule has 0 radical (unpaired) electrons. The van der Waals surface area contributed by atoms with Crippen LogP contribution in [0.4, 0.5) is 8.78 Å². The van der Waals surface area contributed by atoms with E-state index in [4.69, 9.17) is 9.47 Å². The highest BCUT2D eigenvalue weighted by molar-refractivity contribution is 5.70. The van der Waals surface area contributed by atoms with Crippen LogP contribution in [0.5, 0.6) is 11.6 Å². The lowest BCUT2D eigenvalue weighted by Crippen LogP contribution is -2.17. The number of aromatic nitrogens is 1. The lowest BCUT2D eigenvalue weighted by Gasteiger charge is -2.30. The number of hydrogen-bond donors (Lipinski definition) is 0. The summed E-state index contributed by atoms with van der Waals surface area (Å²) in [5.74, 6) is -0.572. The molecule has 1 heterocycles. The Morgan fingerprint density at radius 1 is 1.11 bits per heavy atom. The molecule has 1 atom stereocenters. The predicted octanol–water partition coefficient (Wildman–Crippen LogP) is 7.01. The number of carbonyl (C=O) groups excluding carboxylic acids is 1. The molecule has 196 valence electrons. The number of methoxy groups -OCH3 is 2. The normalized spacial score (nSPS) is 16.4. The first-order chi connectivity index (χ1) is 17.7. The molecule has 0 amide bonds. The van der Waals surface area contributed by atoms with E-state index in [1.54, 1.807) is 24.3 Å². The molecule has 7 heteroatoms. The highest BCUT2D eigenvalue weighted by atomic mass is 19.1. The molecule has 3 aromatic rings. The minimum absolute atomic E-state index is 0.0574. The van der Waals surface area contributed by atoms with Crippen molar-refractivity contribution in [1.29, 1.82) is 0 Å². The quantitative estimate of drug-likeness (QED) is 0.290. The van der Waals surface area contributed by atoms with Crippen molar-refractivity contribution in [2.75, 3.05) is 14.2 Å². The minimum atomic E-state index is -0.480. The summed E-state index contributed by atoms with van der Waals surface area (Å²) in [6.07, 6.45) is 4.70. The van der Waals surface area contributed by atoms with Crippen LogP contribution in [0.15, 0.2) is 48.7 Å². The molecule has 0 N–H and O–H groups in total. The van der Waals surface area contributed by atoms with Crippen molar-refractivity contribution in [3.05, 3.63) is 77.0 Å². The number of hydrogen-bond acceptors (Lipinski definition) is 5. The van der Waals surface area contributed by atoms with Crippen LogP contribution >= 0.6 is 0 Å². The third-order valence-electron chi connectivity index (χ3n) is 7.34. The van der Waals surface area contributed by atoms with Gasteiger partial charge in [0, 0.05) is 18.1 Å². The molecular formula is C30H33F2NO4. The molecule has 1 fully saturated rings. The molecular weight excluding hydrogens is 476 g/mol. The minimum Gasteiger partial charge on any atom is -0.486 e. The molecule has 5 nitrogen and oxygen atoms in total. The van der Waals surface area contributed by atoms with Gasteiger partial charge in [0.05, 0.1) is 20.4 Å². The van der Waals surface area contributed by atoms with Crippen LogP contribution in [0.1, 0.15) is 62.1 Å². The zero-order valence-electron chi connectivity index (χ0n) is 21.8. The Balaban J connectivity index is 1.64. The van der Waals surface area contributed by atoms with Gasteiger partial charge in [0.25, 0.3) is 0 Å². The van der Waals surface area contributed by atoms with Gasteiger partial charge in [-0.15, -0.1) is 0 Å². The molecule has 0 unspecified atom stereocenters. The third kappa shape index (κ3) is 5.92. The number of carbonyl (C=O) groups is 1. The van der Waals surface area contributed by atoms with E-state index in [0.717, 1.165) is 36.0 Å². The van der Waals surface area contributed by atoms with Crippen LogP contribution in [0, 0.1) is 17.0 Å². The molecule has 37 heavy (non-hydrogen) atoms. The molecule has 2 aromatic carbocycles. The summed E-state index contributed by atoms with van der Waals surface area (Å²) >= 11 is 0. The van der Waals surface area contributed by atoms with Gasteiger partial charge in [-0.2, -0.15) is 0 Å². The first-order valence-electron chi connectivity index (χ1n) is 12.5. The van der Waals surface area contributed by atoms with Crippen molar-refractivity contribution < 1.29 is 27.8 Å². The van der Waals surface area contributed by atoms with E-state index < -0.39 is 17.6 Å². The van der Waals surface area contributed by atoms with E-state index in [2.05, 4.69) is 29.6 Å². The van der Waals surface area contributed by atoms with Crippen LogP contribution < -0.4 is 9.47 Å². The van der Waals surface area contributed by atoms with Gasteiger partial charge in [0.2, 0.25) is 5.88 Å². The Hall–Kier alpha value is -3.48.